The number of furan rings is 1. The molecule has 5 rings (SSSR count). The van der Waals surface area contributed by atoms with Crippen molar-refractivity contribution in [2.45, 2.75) is 20.4 Å². The first kappa shape index (κ1) is 20.2. The van der Waals surface area contributed by atoms with Crippen molar-refractivity contribution in [2.24, 2.45) is 0 Å². The van der Waals surface area contributed by atoms with Gasteiger partial charge in [-0.25, -0.2) is 4.98 Å². The molecule has 0 aliphatic rings. The molecule has 2 aromatic heterocycles. The number of rotatable bonds is 5. The number of amides is 1. The number of hydrogen-bond donors (Lipinski definition) is 1. The molecule has 0 unspecified atom stereocenters. The molecule has 5 heteroatoms. The fourth-order valence-electron chi connectivity index (χ4n) is 3.72. The summed E-state index contributed by atoms with van der Waals surface area (Å²) in [6, 6.07) is 24.3. The van der Waals surface area contributed by atoms with E-state index in [1.807, 2.05) is 74.5 Å². The Morgan fingerprint density at radius 2 is 1.75 bits per heavy atom. The summed E-state index contributed by atoms with van der Waals surface area (Å²) in [5.74, 6) is 0.172. The minimum atomic E-state index is -0.201. The van der Waals surface area contributed by atoms with Crippen LogP contribution in [0.25, 0.3) is 32.8 Å². The first-order chi connectivity index (χ1) is 15.6. The van der Waals surface area contributed by atoms with Gasteiger partial charge in [0, 0.05) is 34.0 Å². The van der Waals surface area contributed by atoms with Crippen LogP contribution in [0.5, 0.6) is 0 Å². The number of aromatic nitrogens is 1. The highest BCUT2D eigenvalue weighted by Crippen LogP contribution is 2.29. The second-order valence-corrected chi connectivity index (χ2v) is 8.70. The van der Waals surface area contributed by atoms with Gasteiger partial charge in [-0.1, -0.05) is 66.7 Å². The molecule has 0 aliphatic carbocycles. The quantitative estimate of drug-likeness (QED) is 0.329. The third-order valence-electron chi connectivity index (χ3n) is 5.53. The molecule has 0 aliphatic heterocycles. The molecule has 1 amide bonds. The zero-order valence-corrected chi connectivity index (χ0v) is 18.7. The molecule has 3 aromatic carbocycles. The van der Waals surface area contributed by atoms with Gasteiger partial charge in [-0.05, 0) is 31.0 Å². The van der Waals surface area contributed by atoms with Gasteiger partial charge in [-0.15, -0.1) is 11.3 Å². The second kappa shape index (κ2) is 8.44. The van der Waals surface area contributed by atoms with Crippen molar-refractivity contribution in [3.63, 3.8) is 0 Å². The summed E-state index contributed by atoms with van der Waals surface area (Å²) in [6.07, 6.45) is 0. The highest BCUT2D eigenvalue weighted by atomic mass is 32.1. The van der Waals surface area contributed by atoms with Crippen LogP contribution in [0.2, 0.25) is 0 Å². The van der Waals surface area contributed by atoms with Crippen molar-refractivity contribution in [3.05, 3.63) is 101 Å². The van der Waals surface area contributed by atoms with Gasteiger partial charge < -0.3 is 9.73 Å². The van der Waals surface area contributed by atoms with Crippen LogP contribution in [0.1, 0.15) is 27.2 Å². The molecule has 0 atom stereocenters. The van der Waals surface area contributed by atoms with Crippen molar-refractivity contribution >= 4 is 28.2 Å². The van der Waals surface area contributed by atoms with Gasteiger partial charge >= 0.3 is 0 Å². The Morgan fingerprint density at radius 3 is 2.53 bits per heavy atom. The number of aryl methyl sites for hydroxylation is 2. The number of nitrogens with zero attached hydrogens (tertiary/aromatic N) is 1. The lowest BCUT2D eigenvalue weighted by Crippen LogP contribution is -2.22. The number of fused-ring (bicyclic) bond motifs is 1. The number of benzene rings is 3. The van der Waals surface area contributed by atoms with Crippen LogP contribution in [0.15, 0.2) is 82.6 Å². The van der Waals surface area contributed by atoms with Crippen LogP contribution in [0.4, 0.5) is 0 Å². The van der Waals surface area contributed by atoms with E-state index in [9.17, 15) is 4.79 Å². The maximum Gasteiger partial charge on any atom is 0.287 e. The molecule has 0 bridgehead atoms. The van der Waals surface area contributed by atoms with E-state index in [0.717, 1.165) is 49.5 Å². The maximum atomic E-state index is 12.7. The van der Waals surface area contributed by atoms with E-state index in [2.05, 4.69) is 22.8 Å². The van der Waals surface area contributed by atoms with Gasteiger partial charge in [0.05, 0.1) is 5.69 Å². The largest absolute Gasteiger partial charge is 0.451 e. The van der Waals surface area contributed by atoms with Gasteiger partial charge in [-0.2, -0.15) is 0 Å². The summed E-state index contributed by atoms with van der Waals surface area (Å²) < 4.78 is 5.83. The Kier molecular flexibility index (Phi) is 5.33. The molecule has 5 aromatic rings. The van der Waals surface area contributed by atoms with Gasteiger partial charge in [0.15, 0.2) is 5.76 Å². The minimum Gasteiger partial charge on any atom is -0.451 e. The summed E-state index contributed by atoms with van der Waals surface area (Å²) >= 11 is 1.64. The second-order valence-electron chi connectivity index (χ2n) is 7.84. The molecule has 4 nitrogen and oxygen atoms in total. The maximum absolute atomic E-state index is 12.7. The van der Waals surface area contributed by atoms with E-state index in [1.165, 1.54) is 0 Å². The summed E-state index contributed by atoms with van der Waals surface area (Å²) in [7, 11) is 0. The normalized spacial score (nSPS) is 11.1. The third-order valence-corrected chi connectivity index (χ3v) is 6.42. The van der Waals surface area contributed by atoms with E-state index in [0.29, 0.717) is 12.3 Å². The first-order valence-electron chi connectivity index (χ1n) is 10.5. The fraction of sp³-hybridized carbons (Fsp3) is 0.111. The van der Waals surface area contributed by atoms with Gasteiger partial charge in [0.1, 0.15) is 10.6 Å². The van der Waals surface area contributed by atoms with E-state index >= 15 is 0 Å². The zero-order valence-electron chi connectivity index (χ0n) is 17.9. The number of carbonyl (C=O) groups is 1. The molecule has 0 saturated heterocycles. The topological polar surface area (TPSA) is 55.1 Å². The zero-order chi connectivity index (χ0) is 22.1. The van der Waals surface area contributed by atoms with E-state index in [-0.39, 0.29) is 5.91 Å². The number of thiazole rings is 1. The highest BCUT2D eigenvalue weighted by Gasteiger charge is 2.17. The van der Waals surface area contributed by atoms with E-state index in [4.69, 9.17) is 9.40 Å². The van der Waals surface area contributed by atoms with Crippen LogP contribution >= 0.6 is 11.3 Å². The highest BCUT2D eigenvalue weighted by molar-refractivity contribution is 7.13. The molecule has 158 valence electrons. The third kappa shape index (κ3) is 3.95. The standard InChI is InChI=1S/C27H22N2O2S/c1-17-8-13-22-18(2)25(31-24(22)14-17)26(30)28-15-19-9-11-20(12-10-19)23-16-32-27(29-23)21-6-4-3-5-7-21/h3-14,16H,15H2,1-2H3,(H,28,30). The van der Waals surface area contributed by atoms with E-state index < -0.39 is 0 Å². The Hall–Kier alpha value is -3.70. The average molecular weight is 439 g/mol. The van der Waals surface area contributed by atoms with Crippen LogP contribution in [0, 0.1) is 13.8 Å². The number of nitrogens with one attached hydrogen (secondary N) is 1. The van der Waals surface area contributed by atoms with Crippen molar-refractivity contribution in [3.8, 4) is 21.8 Å². The predicted molar refractivity (Wildman–Crippen MR) is 130 cm³/mol. The first-order valence-corrected chi connectivity index (χ1v) is 11.3. The average Bonchev–Trinajstić information content (AvgIpc) is 3.44. The Balaban J connectivity index is 1.27. The van der Waals surface area contributed by atoms with E-state index in [1.54, 1.807) is 11.3 Å². The molecule has 0 fully saturated rings. The molecule has 1 N–H and O–H groups in total. The van der Waals surface area contributed by atoms with Gasteiger partial charge in [0.2, 0.25) is 0 Å². The number of hydrogen-bond acceptors (Lipinski definition) is 4. The lowest BCUT2D eigenvalue weighted by atomic mass is 10.1. The van der Waals surface area contributed by atoms with Gasteiger partial charge in [0.25, 0.3) is 5.91 Å². The Labute approximate surface area is 190 Å². The Bertz CT molecular complexity index is 1400. The van der Waals surface area contributed by atoms with Crippen molar-refractivity contribution in [2.75, 3.05) is 0 Å². The monoisotopic (exact) mass is 438 g/mol. The minimum absolute atomic E-state index is 0.201. The summed E-state index contributed by atoms with van der Waals surface area (Å²) in [6.45, 7) is 4.36. The summed E-state index contributed by atoms with van der Waals surface area (Å²) in [5, 5.41) is 7.03. The lowest BCUT2D eigenvalue weighted by Gasteiger charge is -2.05. The molecule has 0 radical (unpaired) electrons. The van der Waals surface area contributed by atoms with Crippen molar-refractivity contribution < 1.29 is 9.21 Å². The molecule has 0 saturated carbocycles. The van der Waals surface area contributed by atoms with Crippen LogP contribution in [-0.2, 0) is 6.54 Å². The Morgan fingerprint density at radius 1 is 0.969 bits per heavy atom. The fourth-order valence-corrected chi connectivity index (χ4v) is 4.56. The summed E-state index contributed by atoms with van der Waals surface area (Å²) in [5.41, 5.74) is 6.87. The summed E-state index contributed by atoms with van der Waals surface area (Å²) in [4.78, 5) is 17.5. The van der Waals surface area contributed by atoms with Crippen LogP contribution < -0.4 is 5.32 Å². The van der Waals surface area contributed by atoms with Crippen molar-refractivity contribution in [1.82, 2.24) is 10.3 Å². The van der Waals surface area contributed by atoms with Crippen LogP contribution in [0.3, 0.4) is 0 Å². The lowest BCUT2D eigenvalue weighted by molar-refractivity contribution is 0.0924. The smallest absolute Gasteiger partial charge is 0.287 e. The SMILES string of the molecule is Cc1ccc2c(C)c(C(=O)NCc3ccc(-c4csc(-c5ccccc5)n4)cc3)oc2c1. The molecule has 0 spiro atoms. The number of carbonyl (C=O) groups excluding carboxylic acids is 1. The molecular weight excluding hydrogens is 416 g/mol. The van der Waals surface area contributed by atoms with Crippen LogP contribution in [-0.4, -0.2) is 10.9 Å². The molecule has 2 heterocycles. The molecule has 32 heavy (non-hydrogen) atoms. The predicted octanol–water partition coefficient (Wildman–Crippen LogP) is 6.77. The van der Waals surface area contributed by atoms with Gasteiger partial charge in [-0.3, -0.25) is 4.79 Å². The molecular formula is C27H22N2O2S. The van der Waals surface area contributed by atoms with Crippen molar-refractivity contribution in [1.29, 1.82) is 0 Å².